The molecule has 0 spiro atoms. The van der Waals surface area contributed by atoms with Crippen LogP contribution >= 0.6 is 0 Å². The fraction of sp³-hybridized carbons (Fsp3) is 0.700. The van der Waals surface area contributed by atoms with Crippen LogP contribution in [0.5, 0.6) is 0 Å². The van der Waals surface area contributed by atoms with Crippen molar-refractivity contribution in [3.8, 4) is 0 Å². The second-order valence-electron chi connectivity index (χ2n) is 4.06. The first-order valence-electron chi connectivity index (χ1n) is 5.76. The number of rotatable bonds is 9. The summed E-state index contributed by atoms with van der Waals surface area (Å²) in [6, 6.07) is 0. The molecule has 3 N–H and O–H groups in total. The van der Waals surface area contributed by atoms with E-state index in [1.807, 2.05) is 0 Å². The van der Waals surface area contributed by atoms with E-state index in [2.05, 4.69) is 20.6 Å². The maximum atomic E-state index is 10.7. The molecule has 0 amide bonds. The smallest absolute Gasteiger partial charge is 0.304 e. The van der Waals surface area contributed by atoms with Crippen LogP contribution in [0, 0.1) is 0 Å². The van der Waals surface area contributed by atoms with Gasteiger partial charge in [-0.05, 0) is 12.8 Å². The summed E-state index contributed by atoms with van der Waals surface area (Å²) < 4.78 is 0. The van der Waals surface area contributed by atoms with E-state index in [9.17, 15) is 9.59 Å². The van der Waals surface area contributed by atoms with E-state index < -0.39 is 11.9 Å². The number of carboxylic acid groups (broad SMARTS) is 2. The first kappa shape index (κ1) is 14.1. The van der Waals surface area contributed by atoms with Crippen molar-refractivity contribution in [3.05, 3.63) is 5.82 Å². The summed E-state index contributed by atoms with van der Waals surface area (Å²) in [5, 5.41) is 30.6. The number of carbonyl (C=O) groups is 2. The van der Waals surface area contributed by atoms with Gasteiger partial charge in [0.2, 0.25) is 0 Å². The van der Waals surface area contributed by atoms with Gasteiger partial charge in [0.25, 0.3) is 0 Å². The lowest BCUT2D eigenvalue weighted by Gasteiger charge is -2.09. The number of nitrogens with zero attached hydrogens (tertiary/aromatic N) is 3. The van der Waals surface area contributed by atoms with Gasteiger partial charge in [-0.15, -0.1) is 10.2 Å². The molecule has 100 valence electrons. The molecule has 1 aromatic rings. The Labute approximate surface area is 103 Å². The topological polar surface area (TPSA) is 129 Å². The molecule has 0 saturated heterocycles. The number of unbranched alkanes of at least 4 members (excludes halogenated alkanes) is 2. The second kappa shape index (κ2) is 7.36. The summed E-state index contributed by atoms with van der Waals surface area (Å²) in [4.78, 5) is 21.0. The normalized spacial score (nSPS) is 12.2. The Balaban J connectivity index is 2.33. The van der Waals surface area contributed by atoms with E-state index in [-0.39, 0.29) is 18.8 Å². The van der Waals surface area contributed by atoms with E-state index in [4.69, 9.17) is 10.2 Å². The molecule has 0 saturated carbocycles. The molecule has 18 heavy (non-hydrogen) atoms. The van der Waals surface area contributed by atoms with Crippen molar-refractivity contribution in [1.29, 1.82) is 0 Å². The second-order valence-corrected chi connectivity index (χ2v) is 4.06. The van der Waals surface area contributed by atoms with E-state index in [1.165, 1.54) is 0 Å². The van der Waals surface area contributed by atoms with E-state index in [0.29, 0.717) is 18.7 Å². The van der Waals surface area contributed by atoms with Gasteiger partial charge in [0.1, 0.15) is 0 Å². The number of tetrazole rings is 1. The fourth-order valence-electron chi connectivity index (χ4n) is 1.72. The van der Waals surface area contributed by atoms with Crippen molar-refractivity contribution in [3.63, 3.8) is 0 Å². The van der Waals surface area contributed by atoms with Gasteiger partial charge in [-0.2, -0.15) is 5.21 Å². The first-order chi connectivity index (χ1) is 8.59. The number of carboxylic acids is 2. The molecule has 1 unspecified atom stereocenters. The molecule has 0 radical (unpaired) electrons. The lowest BCUT2D eigenvalue weighted by atomic mass is 9.97. The van der Waals surface area contributed by atoms with Crippen LogP contribution in [0.4, 0.5) is 0 Å². The molecule has 1 heterocycles. The number of nitrogens with one attached hydrogen (secondary N) is 1. The van der Waals surface area contributed by atoms with Crippen LogP contribution in [0.15, 0.2) is 0 Å². The molecule has 0 aromatic carbocycles. The minimum Gasteiger partial charge on any atom is -0.481 e. The Bertz CT molecular complexity index is 379. The molecule has 1 atom stereocenters. The molecule has 0 fully saturated rings. The highest BCUT2D eigenvalue weighted by Crippen LogP contribution is 2.22. The van der Waals surface area contributed by atoms with Crippen molar-refractivity contribution < 1.29 is 19.8 Å². The number of hydrogen-bond donors (Lipinski definition) is 3. The summed E-state index contributed by atoms with van der Waals surface area (Å²) in [6.07, 6.45) is 2.82. The minimum absolute atomic E-state index is 0.0432. The summed E-state index contributed by atoms with van der Waals surface area (Å²) in [5.74, 6) is -1.59. The SMILES string of the molecule is O=C(O)CCCCCC(CC(=O)O)c1nn[nH]n1. The summed E-state index contributed by atoms with van der Waals surface area (Å²) >= 11 is 0. The van der Waals surface area contributed by atoms with E-state index >= 15 is 0 Å². The van der Waals surface area contributed by atoms with Gasteiger partial charge >= 0.3 is 11.9 Å². The summed E-state index contributed by atoms with van der Waals surface area (Å²) in [5.41, 5.74) is 0. The quantitative estimate of drug-likeness (QED) is 0.557. The highest BCUT2D eigenvalue weighted by molar-refractivity contribution is 5.67. The average molecular weight is 256 g/mol. The first-order valence-corrected chi connectivity index (χ1v) is 5.76. The van der Waals surface area contributed by atoms with Gasteiger partial charge in [-0.3, -0.25) is 9.59 Å². The molecule has 1 rings (SSSR count). The maximum absolute atomic E-state index is 10.7. The molecule has 8 heteroatoms. The van der Waals surface area contributed by atoms with Gasteiger partial charge in [-0.25, -0.2) is 0 Å². The zero-order chi connectivity index (χ0) is 13.4. The highest BCUT2D eigenvalue weighted by atomic mass is 16.4. The highest BCUT2D eigenvalue weighted by Gasteiger charge is 2.19. The van der Waals surface area contributed by atoms with Crippen molar-refractivity contribution in [2.24, 2.45) is 0 Å². The van der Waals surface area contributed by atoms with Gasteiger partial charge in [0, 0.05) is 12.3 Å². The largest absolute Gasteiger partial charge is 0.481 e. The van der Waals surface area contributed by atoms with Crippen LogP contribution in [0.2, 0.25) is 0 Å². The third-order valence-electron chi connectivity index (χ3n) is 2.59. The van der Waals surface area contributed by atoms with Crippen LogP contribution in [-0.4, -0.2) is 42.8 Å². The third kappa shape index (κ3) is 5.37. The standard InChI is InChI=1S/C10H16N4O4/c15-8(16)5-3-1-2-4-7(6-9(17)18)10-11-13-14-12-10/h7H,1-6H2,(H,15,16)(H,17,18)(H,11,12,13,14). The molecule has 8 nitrogen and oxygen atoms in total. The molecular formula is C10H16N4O4. The maximum Gasteiger partial charge on any atom is 0.304 e. The number of aromatic nitrogens is 4. The summed E-state index contributed by atoms with van der Waals surface area (Å²) in [7, 11) is 0. The van der Waals surface area contributed by atoms with E-state index in [0.717, 1.165) is 12.8 Å². The van der Waals surface area contributed by atoms with Crippen LogP contribution in [-0.2, 0) is 9.59 Å². The van der Waals surface area contributed by atoms with Crippen LogP contribution in [0.1, 0.15) is 50.3 Å². The van der Waals surface area contributed by atoms with Crippen LogP contribution < -0.4 is 0 Å². The Morgan fingerprint density at radius 3 is 2.50 bits per heavy atom. The molecular weight excluding hydrogens is 240 g/mol. The summed E-state index contributed by atoms with van der Waals surface area (Å²) in [6.45, 7) is 0. The minimum atomic E-state index is -0.907. The predicted octanol–water partition coefficient (Wildman–Crippen LogP) is 0.793. The predicted molar refractivity (Wildman–Crippen MR) is 59.9 cm³/mol. The van der Waals surface area contributed by atoms with Crippen LogP contribution in [0.25, 0.3) is 0 Å². The Morgan fingerprint density at radius 1 is 1.17 bits per heavy atom. The monoisotopic (exact) mass is 256 g/mol. The zero-order valence-corrected chi connectivity index (χ0v) is 9.87. The number of aromatic amines is 1. The lowest BCUT2D eigenvalue weighted by Crippen LogP contribution is -2.08. The Hall–Kier alpha value is -1.99. The zero-order valence-electron chi connectivity index (χ0n) is 9.87. The molecule has 0 aliphatic heterocycles. The Morgan fingerprint density at radius 2 is 1.94 bits per heavy atom. The van der Waals surface area contributed by atoms with E-state index in [1.54, 1.807) is 0 Å². The lowest BCUT2D eigenvalue weighted by molar-refractivity contribution is -0.138. The molecule has 0 bridgehead atoms. The molecule has 0 aliphatic rings. The van der Waals surface area contributed by atoms with Crippen molar-refractivity contribution in [1.82, 2.24) is 20.6 Å². The van der Waals surface area contributed by atoms with Crippen molar-refractivity contribution in [2.45, 2.75) is 44.4 Å². The Kier molecular flexibility index (Phi) is 5.75. The number of H-pyrrole nitrogens is 1. The van der Waals surface area contributed by atoms with Gasteiger partial charge in [0.05, 0.1) is 6.42 Å². The van der Waals surface area contributed by atoms with Crippen LogP contribution in [0.3, 0.4) is 0 Å². The van der Waals surface area contributed by atoms with Gasteiger partial charge in [0.15, 0.2) is 5.82 Å². The third-order valence-corrected chi connectivity index (χ3v) is 2.59. The average Bonchev–Trinajstić information content (AvgIpc) is 2.79. The number of hydrogen-bond acceptors (Lipinski definition) is 5. The van der Waals surface area contributed by atoms with Crippen molar-refractivity contribution >= 4 is 11.9 Å². The fourth-order valence-corrected chi connectivity index (χ4v) is 1.72. The van der Waals surface area contributed by atoms with Gasteiger partial charge in [-0.1, -0.05) is 18.1 Å². The molecule has 0 aliphatic carbocycles. The van der Waals surface area contributed by atoms with Crippen molar-refractivity contribution in [2.75, 3.05) is 0 Å². The van der Waals surface area contributed by atoms with Gasteiger partial charge < -0.3 is 10.2 Å². The molecule has 1 aromatic heterocycles. The number of aliphatic carboxylic acids is 2.